The molecule has 0 radical (unpaired) electrons. The molecule has 0 bridgehead atoms. The van der Waals surface area contributed by atoms with E-state index in [0.717, 1.165) is 5.56 Å². The molecule has 0 aliphatic rings. The Bertz CT molecular complexity index is 985. The number of hydrogen-bond acceptors (Lipinski definition) is 6. The van der Waals surface area contributed by atoms with Crippen LogP contribution >= 0.6 is 0 Å². The predicted molar refractivity (Wildman–Crippen MR) is 100 cm³/mol. The monoisotopic (exact) mass is 357 g/mol. The van der Waals surface area contributed by atoms with Crippen LogP contribution in [0.2, 0.25) is 0 Å². The van der Waals surface area contributed by atoms with Gasteiger partial charge in [0.15, 0.2) is 5.65 Å². The van der Waals surface area contributed by atoms with Gasteiger partial charge in [-0.05, 0) is 32.9 Å². The molecule has 0 spiro atoms. The summed E-state index contributed by atoms with van der Waals surface area (Å²) >= 11 is 0. The Balaban J connectivity index is 1.91. The molecule has 0 aliphatic carbocycles. The second kappa shape index (κ2) is 6.70. The summed E-state index contributed by atoms with van der Waals surface area (Å²) < 4.78 is 12.3. The topological polar surface area (TPSA) is 94.1 Å². The van der Waals surface area contributed by atoms with Crippen LogP contribution in [-0.2, 0) is 12.1 Å². The van der Waals surface area contributed by atoms with Crippen molar-refractivity contribution >= 4 is 17.0 Å². The number of hydrogen-bond donors (Lipinski definition) is 2. The van der Waals surface area contributed by atoms with Gasteiger partial charge in [-0.25, -0.2) is 4.68 Å². The highest BCUT2D eigenvalue weighted by molar-refractivity contribution is 5.74. The molecule has 0 unspecified atom stereocenters. The quantitative estimate of drug-likeness (QED) is 0.729. The highest BCUT2D eigenvalue weighted by Gasteiger charge is 2.20. The number of methoxy groups -OCH3 is 2. The average molecular weight is 357 g/mol. The first-order chi connectivity index (χ1) is 12.3. The molecule has 2 heterocycles. The van der Waals surface area contributed by atoms with E-state index in [1.54, 1.807) is 25.1 Å². The first-order valence-corrected chi connectivity index (χ1v) is 8.27. The lowest BCUT2D eigenvalue weighted by Gasteiger charge is -2.19. The lowest BCUT2D eigenvalue weighted by atomic mass is 10.1. The number of nitrogens with one attached hydrogen (secondary N) is 2. The van der Waals surface area contributed by atoms with E-state index in [1.165, 1.54) is 0 Å². The van der Waals surface area contributed by atoms with Crippen LogP contribution < -0.4 is 20.3 Å². The van der Waals surface area contributed by atoms with Gasteiger partial charge >= 0.3 is 0 Å². The van der Waals surface area contributed by atoms with Crippen molar-refractivity contribution in [3.63, 3.8) is 0 Å². The third-order valence-corrected chi connectivity index (χ3v) is 4.01. The number of anilines is 1. The summed E-state index contributed by atoms with van der Waals surface area (Å²) in [7, 11) is 3.21. The van der Waals surface area contributed by atoms with E-state index in [2.05, 4.69) is 20.4 Å². The van der Waals surface area contributed by atoms with Crippen molar-refractivity contribution in [2.24, 2.45) is 0 Å². The van der Waals surface area contributed by atoms with Gasteiger partial charge in [0.05, 0.1) is 26.0 Å². The Morgan fingerprint density at radius 1 is 1.23 bits per heavy atom. The molecule has 0 aliphatic heterocycles. The summed E-state index contributed by atoms with van der Waals surface area (Å²) in [5.41, 5.74) is 0.958. The zero-order valence-electron chi connectivity index (χ0n) is 15.6. The van der Waals surface area contributed by atoms with Crippen molar-refractivity contribution in [2.75, 3.05) is 19.5 Å². The minimum absolute atomic E-state index is 0.227. The molecule has 8 nitrogen and oxygen atoms in total. The maximum atomic E-state index is 12.3. The Labute approximate surface area is 151 Å². The molecule has 138 valence electrons. The van der Waals surface area contributed by atoms with Crippen LogP contribution in [-0.4, -0.2) is 34.0 Å². The number of rotatable bonds is 5. The number of H-pyrrole nitrogens is 1. The van der Waals surface area contributed by atoms with Crippen LogP contribution in [0.15, 0.2) is 29.2 Å². The van der Waals surface area contributed by atoms with Crippen LogP contribution in [0.25, 0.3) is 11.0 Å². The number of nitrogens with zero attached hydrogens (tertiary/aromatic N) is 3. The van der Waals surface area contributed by atoms with Gasteiger partial charge in [-0.3, -0.25) is 9.78 Å². The van der Waals surface area contributed by atoms with Crippen molar-refractivity contribution in [3.8, 4) is 11.5 Å². The van der Waals surface area contributed by atoms with Gasteiger partial charge in [0.1, 0.15) is 16.9 Å². The number of aromatic amines is 1. The highest BCUT2D eigenvalue weighted by Crippen LogP contribution is 2.25. The molecule has 3 aromatic rings. The lowest BCUT2D eigenvalue weighted by molar-refractivity contribution is 0.366. The molecule has 0 fully saturated rings. The smallest absolute Gasteiger partial charge is 0.263 e. The van der Waals surface area contributed by atoms with E-state index in [1.807, 2.05) is 39.0 Å². The van der Waals surface area contributed by atoms with Gasteiger partial charge in [0.2, 0.25) is 5.95 Å². The second-order valence-electron chi connectivity index (χ2n) is 6.91. The first-order valence-electron chi connectivity index (χ1n) is 8.27. The molecule has 0 saturated heterocycles. The number of benzene rings is 1. The summed E-state index contributed by atoms with van der Waals surface area (Å²) in [5, 5.41) is 7.92. The fraction of sp³-hybridized carbons (Fsp3) is 0.389. The molecule has 0 saturated carbocycles. The lowest BCUT2D eigenvalue weighted by Crippen LogP contribution is -2.24. The fourth-order valence-electron chi connectivity index (χ4n) is 2.67. The number of fused-ring (bicyclic) bond motifs is 1. The second-order valence-corrected chi connectivity index (χ2v) is 6.91. The zero-order chi connectivity index (χ0) is 18.9. The predicted octanol–water partition coefficient (Wildman–Crippen LogP) is 2.50. The van der Waals surface area contributed by atoms with Crippen molar-refractivity contribution in [3.05, 3.63) is 40.3 Å². The Hall–Kier alpha value is -3.03. The standard InChI is InChI=1S/C18H23N5O3/c1-18(2,3)23-15-13(10-20-23)16(24)22-17(21-15)19-9-11-6-7-12(25-4)8-14(11)26-5/h6-8,10H,9H2,1-5H3,(H2,19,21,22,24). The van der Waals surface area contributed by atoms with Gasteiger partial charge in [-0.1, -0.05) is 0 Å². The molecule has 26 heavy (non-hydrogen) atoms. The van der Waals surface area contributed by atoms with E-state index in [9.17, 15) is 4.79 Å². The molecule has 0 amide bonds. The van der Waals surface area contributed by atoms with E-state index in [-0.39, 0.29) is 11.1 Å². The van der Waals surface area contributed by atoms with Crippen LogP contribution in [0.4, 0.5) is 5.95 Å². The third kappa shape index (κ3) is 3.35. The summed E-state index contributed by atoms with van der Waals surface area (Å²) in [6, 6.07) is 5.57. The summed E-state index contributed by atoms with van der Waals surface area (Å²) in [5.74, 6) is 1.79. The van der Waals surface area contributed by atoms with Crippen LogP contribution in [0, 0.1) is 0 Å². The molecule has 2 N–H and O–H groups in total. The molecular weight excluding hydrogens is 334 g/mol. The summed E-state index contributed by atoms with van der Waals surface area (Å²) in [6.45, 7) is 6.47. The highest BCUT2D eigenvalue weighted by atomic mass is 16.5. The Morgan fingerprint density at radius 2 is 2.00 bits per heavy atom. The fourth-order valence-corrected chi connectivity index (χ4v) is 2.67. The van der Waals surface area contributed by atoms with Crippen molar-refractivity contribution < 1.29 is 9.47 Å². The van der Waals surface area contributed by atoms with Gasteiger partial charge < -0.3 is 14.8 Å². The van der Waals surface area contributed by atoms with Crippen molar-refractivity contribution in [1.82, 2.24) is 19.7 Å². The third-order valence-electron chi connectivity index (χ3n) is 4.01. The first kappa shape index (κ1) is 17.8. The van der Waals surface area contributed by atoms with Crippen LogP contribution in [0.1, 0.15) is 26.3 Å². The maximum absolute atomic E-state index is 12.3. The van der Waals surface area contributed by atoms with Crippen LogP contribution in [0.5, 0.6) is 11.5 Å². The molecule has 8 heteroatoms. The van der Waals surface area contributed by atoms with Gasteiger partial charge in [-0.2, -0.15) is 10.1 Å². The van der Waals surface area contributed by atoms with Gasteiger partial charge in [0.25, 0.3) is 5.56 Å². The van der Waals surface area contributed by atoms with E-state index in [4.69, 9.17) is 9.47 Å². The zero-order valence-corrected chi connectivity index (χ0v) is 15.6. The molecule has 2 aromatic heterocycles. The van der Waals surface area contributed by atoms with Gasteiger partial charge in [-0.15, -0.1) is 0 Å². The van der Waals surface area contributed by atoms with Gasteiger partial charge in [0, 0.05) is 18.2 Å². The van der Waals surface area contributed by atoms with E-state index >= 15 is 0 Å². The SMILES string of the molecule is COc1ccc(CNc2nc3c(cnn3C(C)(C)C)c(=O)[nH]2)c(OC)c1. The average Bonchev–Trinajstić information content (AvgIpc) is 3.04. The molecule has 1 aromatic carbocycles. The van der Waals surface area contributed by atoms with E-state index < -0.39 is 0 Å². The minimum Gasteiger partial charge on any atom is -0.497 e. The summed E-state index contributed by atoms with van der Waals surface area (Å²) in [6.07, 6.45) is 1.54. The van der Waals surface area contributed by atoms with Crippen molar-refractivity contribution in [2.45, 2.75) is 32.9 Å². The number of aromatic nitrogens is 4. The molecule has 0 atom stereocenters. The van der Waals surface area contributed by atoms with Crippen molar-refractivity contribution in [1.29, 1.82) is 0 Å². The van der Waals surface area contributed by atoms with E-state index in [0.29, 0.717) is 35.0 Å². The number of ether oxygens (including phenoxy) is 2. The summed E-state index contributed by atoms with van der Waals surface area (Å²) in [4.78, 5) is 19.6. The Morgan fingerprint density at radius 3 is 2.65 bits per heavy atom. The molecule has 3 rings (SSSR count). The largest absolute Gasteiger partial charge is 0.497 e. The Kier molecular flexibility index (Phi) is 4.58. The van der Waals surface area contributed by atoms with Crippen LogP contribution in [0.3, 0.4) is 0 Å². The maximum Gasteiger partial charge on any atom is 0.263 e. The minimum atomic E-state index is -0.279. The normalized spacial score (nSPS) is 11.6. The molecular formula is C18H23N5O3.